The number of hydrogen-bond acceptors (Lipinski definition) is 3. The minimum atomic E-state index is -0.509. The van der Waals surface area contributed by atoms with E-state index in [1.807, 2.05) is 74.0 Å². The number of nitrogens with zero attached hydrogens (tertiary/aromatic N) is 1. The first-order chi connectivity index (χ1) is 12.8. The number of alkyl carbamates (subject to hydrolysis) is 1. The fourth-order valence-corrected chi connectivity index (χ4v) is 3.02. The van der Waals surface area contributed by atoms with E-state index in [1.54, 1.807) is 7.11 Å². The molecule has 5 nitrogen and oxygen atoms in total. The van der Waals surface area contributed by atoms with Gasteiger partial charge in [0, 0.05) is 23.8 Å². The lowest BCUT2D eigenvalue weighted by atomic mass is 10.2. The third kappa shape index (κ3) is 4.55. The summed E-state index contributed by atoms with van der Waals surface area (Å²) in [6.45, 7) is 5.91. The number of amides is 1. The van der Waals surface area contributed by atoms with Crippen molar-refractivity contribution >= 4 is 28.6 Å². The third-order valence-corrected chi connectivity index (χ3v) is 4.31. The molecular formula is C21H23ClN2O3. The number of carbonyl (C=O) groups is 1. The van der Waals surface area contributed by atoms with Crippen molar-refractivity contribution in [2.24, 2.45) is 0 Å². The minimum Gasteiger partial charge on any atom is -0.497 e. The highest BCUT2D eigenvalue weighted by Gasteiger charge is 2.15. The average Bonchev–Trinajstić information content (AvgIpc) is 2.95. The van der Waals surface area contributed by atoms with Crippen LogP contribution in [0.2, 0.25) is 5.02 Å². The lowest BCUT2D eigenvalue weighted by Gasteiger charge is -2.19. The van der Waals surface area contributed by atoms with Crippen LogP contribution < -0.4 is 10.1 Å². The van der Waals surface area contributed by atoms with E-state index in [4.69, 9.17) is 21.1 Å². The predicted octanol–water partition coefficient (Wildman–Crippen LogP) is 5.32. The molecular weight excluding hydrogens is 364 g/mol. The Bertz CT molecular complexity index is 956. The molecule has 0 spiro atoms. The molecule has 142 valence electrons. The van der Waals surface area contributed by atoms with Gasteiger partial charge in [-0.15, -0.1) is 0 Å². The van der Waals surface area contributed by atoms with Crippen LogP contribution in [0.3, 0.4) is 0 Å². The lowest BCUT2D eigenvalue weighted by molar-refractivity contribution is 0.0523. The predicted molar refractivity (Wildman–Crippen MR) is 108 cm³/mol. The number of aromatic nitrogens is 1. The third-order valence-electron chi connectivity index (χ3n) is 4.01. The number of ether oxygens (including phenoxy) is 2. The molecule has 0 unspecified atom stereocenters. The van der Waals surface area contributed by atoms with Crippen LogP contribution in [0.4, 0.5) is 4.79 Å². The summed E-state index contributed by atoms with van der Waals surface area (Å²) in [5.41, 5.74) is 2.46. The van der Waals surface area contributed by atoms with Gasteiger partial charge in [-0.3, -0.25) is 0 Å². The monoisotopic (exact) mass is 386 g/mol. The van der Waals surface area contributed by atoms with E-state index in [-0.39, 0.29) is 0 Å². The zero-order valence-corrected chi connectivity index (χ0v) is 16.6. The molecule has 0 aliphatic heterocycles. The van der Waals surface area contributed by atoms with Gasteiger partial charge in [0.05, 0.1) is 17.6 Å². The van der Waals surface area contributed by atoms with Crippen LogP contribution in [-0.4, -0.2) is 23.4 Å². The zero-order chi connectivity index (χ0) is 19.6. The number of fused-ring (bicyclic) bond motifs is 1. The van der Waals surface area contributed by atoms with Gasteiger partial charge >= 0.3 is 6.09 Å². The van der Waals surface area contributed by atoms with Gasteiger partial charge in [0.1, 0.15) is 11.4 Å². The number of hydrogen-bond donors (Lipinski definition) is 1. The molecule has 1 heterocycles. The Hall–Kier alpha value is -2.66. The number of methoxy groups -OCH3 is 1. The lowest BCUT2D eigenvalue weighted by Crippen LogP contribution is -2.32. The Balaban J connectivity index is 1.76. The summed E-state index contributed by atoms with van der Waals surface area (Å²) < 4.78 is 12.5. The topological polar surface area (TPSA) is 52.5 Å². The SMILES string of the molecule is COc1ccc2c(c1)c(Cl)cn2-c1ccc(CNC(=O)OC(C)(C)C)cc1. The van der Waals surface area contributed by atoms with Crippen molar-refractivity contribution < 1.29 is 14.3 Å². The van der Waals surface area contributed by atoms with E-state index in [0.717, 1.165) is 27.9 Å². The highest BCUT2D eigenvalue weighted by molar-refractivity contribution is 6.35. The van der Waals surface area contributed by atoms with Gasteiger partial charge in [0.15, 0.2) is 0 Å². The highest BCUT2D eigenvalue weighted by Crippen LogP contribution is 2.31. The number of nitrogens with one attached hydrogen (secondary N) is 1. The molecule has 6 heteroatoms. The van der Waals surface area contributed by atoms with Crippen LogP contribution in [-0.2, 0) is 11.3 Å². The maximum atomic E-state index is 11.8. The van der Waals surface area contributed by atoms with Crippen LogP contribution in [0, 0.1) is 0 Å². The Morgan fingerprint density at radius 1 is 1.15 bits per heavy atom. The molecule has 0 bridgehead atoms. The summed E-state index contributed by atoms with van der Waals surface area (Å²) in [5.74, 6) is 0.769. The quantitative estimate of drug-likeness (QED) is 0.660. The Kier molecular flexibility index (Phi) is 5.33. The molecule has 0 aliphatic carbocycles. The molecule has 3 aromatic rings. The van der Waals surface area contributed by atoms with E-state index in [1.165, 1.54) is 0 Å². The maximum Gasteiger partial charge on any atom is 0.407 e. The second-order valence-corrected chi connectivity index (χ2v) is 7.66. The summed E-state index contributed by atoms with van der Waals surface area (Å²) in [7, 11) is 1.64. The van der Waals surface area contributed by atoms with Gasteiger partial charge in [-0.05, 0) is 56.7 Å². The van der Waals surface area contributed by atoms with Crippen molar-refractivity contribution in [2.45, 2.75) is 32.9 Å². The van der Waals surface area contributed by atoms with Gasteiger partial charge < -0.3 is 19.4 Å². The highest BCUT2D eigenvalue weighted by atomic mass is 35.5. The Morgan fingerprint density at radius 3 is 2.48 bits per heavy atom. The standard InChI is InChI=1S/C21H23ClN2O3/c1-21(2,3)27-20(25)23-12-14-5-7-15(8-6-14)24-13-18(22)17-11-16(26-4)9-10-19(17)24/h5-11,13H,12H2,1-4H3,(H,23,25). The number of rotatable bonds is 4. The van der Waals surface area contributed by atoms with Gasteiger partial charge in [-0.25, -0.2) is 4.79 Å². The van der Waals surface area contributed by atoms with Gasteiger partial charge in [0.2, 0.25) is 0 Å². The first-order valence-corrected chi connectivity index (χ1v) is 9.05. The molecule has 1 N–H and O–H groups in total. The first-order valence-electron chi connectivity index (χ1n) is 8.67. The van der Waals surface area contributed by atoms with Crippen molar-refractivity contribution in [2.75, 3.05) is 7.11 Å². The molecule has 0 radical (unpaired) electrons. The molecule has 0 saturated carbocycles. The molecule has 3 rings (SSSR count). The fourth-order valence-electron chi connectivity index (χ4n) is 2.77. The van der Waals surface area contributed by atoms with Crippen molar-refractivity contribution in [3.05, 3.63) is 59.2 Å². The molecule has 0 aliphatic rings. The van der Waals surface area contributed by atoms with Gasteiger partial charge in [0.25, 0.3) is 0 Å². The average molecular weight is 387 g/mol. The Labute approximate surface area is 163 Å². The number of carbonyl (C=O) groups excluding carboxylic acids is 1. The van der Waals surface area contributed by atoms with E-state index in [9.17, 15) is 4.79 Å². The molecule has 27 heavy (non-hydrogen) atoms. The number of benzene rings is 2. The second-order valence-electron chi connectivity index (χ2n) is 7.25. The van der Waals surface area contributed by atoms with Gasteiger partial charge in [-0.2, -0.15) is 0 Å². The van der Waals surface area contributed by atoms with Crippen LogP contribution >= 0.6 is 11.6 Å². The largest absolute Gasteiger partial charge is 0.497 e. The number of halogens is 1. The normalized spacial score (nSPS) is 11.4. The molecule has 1 amide bonds. The summed E-state index contributed by atoms with van der Waals surface area (Å²) in [6, 6.07) is 13.7. The minimum absolute atomic E-state index is 0.402. The van der Waals surface area contributed by atoms with Crippen LogP contribution in [0.5, 0.6) is 5.75 Å². The Morgan fingerprint density at radius 2 is 1.85 bits per heavy atom. The molecule has 2 aromatic carbocycles. The van der Waals surface area contributed by atoms with Crippen LogP contribution in [0.15, 0.2) is 48.7 Å². The second kappa shape index (κ2) is 7.53. The van der Waals surface area contributed by atoms with E-state index >= 15 is 0 Å². The van der Waals surface area contributed by atoms with Gasteiger partial charge in [-0.1, -0.05) is 23.7 Å². The van der Waals surface area contributed by atoms with Crippen LogP contribution in [0.1, 0.15) is 26.3 Å². The summed E-state index contributed by atoms with van der Waals surface area (Å²) in [4.78, 5) is 11.8. The summed E-state index contributed by atoms with van der Waals surface area (Å²) >= 11 is 6.39. The maximum absolute atomic E-state index is 11.8. The molecule has 0 fully saturated rings. The molecule has 1 aromatic heterocycles. The van der Waals surface area contributed by atoms with E-state index in [0.29, 0.717) is 11.6 Å². The molecule has 0 atom stereocenters. The zero-order valence-electron chi connectivity index (χ0n) is 15.9. The van der Waals surface area contributed by atoms with Crippen LogP contribution in [0.25, 0.3) is 16.6 Å². The smallest absolute Gasteiger partial charge is 0.407 e. The fraction of sp³-hybridized carbons (Fsp3) is 0.286. The summed E-state index contributed by atoms with van der Waals surface area (Å²) in [6.07, 6.45) is 1.46. The van der Waals surface area contributed by atoms with E-state index < -0.39 is 11.7 Å². The summed E-state index contributed by atoms with van der Waals surface area (Å²) in [5, 5.41) is 4.36. The van der Waals surface area contributed by atoms with Crippen molar-refractivity contribution in [3.63, 3.8) is 0 Å². The molecule has 0 saturated heterocycles. The van der Waals surface area contributed by atoms with Crippen molar-refractivity contribution in [1.82, 2.24) is 9.88 Å². The van der Waals surface area contributed by atoms with Crippen molar-refractivity contribution in [1.29, 1.82) is 0 Å². The van der Waals surface area contributed by atoms with E-state index in [2.05, 4.69) is 5.32 Å². The van der Waals surface area contributed by atoms with Crippen molar-refractivity contribution in [3.8, 4) is 11.4 Å². The first kappa shape index (κ1) is 19.1.